The monoisotopic (exact) mass is 723 g/mol. The van der Waals surface area contributed by atoms with Gasteiger partial charge in [0, 0.05) is 12.8 Å². The molecule has 1 unspecified atom stereocenters. The predicted molar refractivity (Wildman–Crippen MR) is 196 cm³/mol. The highest BCUT2D eigenvalue weighted by molar-refractivity contribution is 7.47. The number of carbonyl (C=O) groups is 2. The lowest BCUT2D eigenvalue weighted by Crippen LogP contribution is -2.29. The number of aliphatic hydroxyl groups excluding tert-OH is 2. The van der Waals surface area contributed by atoms with E-state index >= 15 is 0 Å². The van der Waals surface area contributed by atoms with Gasteiger partial charge in [0.2, 0.25) is 0 Å². The molecule has 0 bridgehead atoms. The van der Waals surface area contributed by atoms with Crippen molar-refractivity contribution in [3.63, 3.8) is 0 Å². The van der Waals surface area contributed by atoms with Crippen LogP contribution >= 0.6 is 7.82 Å². The van der Waals surface area contributed by atoms with Gasteiger partial charge in [0.05, 0.1) is 19.8 Å². The van der Waals surface area contributed by atoms with E-state index in [1.807, 2.05) is 0 Å². The van der Waals surface area contributed by atoms with Crippen molar-refractivity contribution in [3.8, 4) is 0 Å². The molecule has 0 saturated heterocycles. The van der Waals surface area contributed by atoms with Crippen LogP contribution in [0.1, 0.15) is 194 Å². The van der Waals surface area contributed by atoms with Crippen molar-refractivity contribution < 1.29 is 47.8 Å². The highest BCUT2D eigenvalue weighted by Crippen LogP contribution is 2.43. The van der Waals surface area contributed by atoms with Crippen LogP contribution in [0.4, 0.5) is 0 Å². The topological polar surface area (TPSA) is 149 Å². The zero-order valence-electron chi connectivity index (χ0n) is 31.4. The summed E-state index contributed by atoms with van der Waals surface area (Å²) in [6, 6.07) is 0. The molecule has 0 aromatic carbocycles. The Morgan fingerprint density at radius 2 is 0.878 bits per heavy atom. The summed E-state index contributed by atoms with van der Waals surface area (Å²) in [5.41, 5.74) is 0. The normalized spacial score (nSPS) is 14.0. The Morgan fingerprint density at radius 3 is 1.27 bits per heavy atom. The Bertz CT molecular complexity index is 796. The molecule has 0 spiro atoms. The van der Waals surface area contributed by atoms with Crippen molar-refractivity contribution in [2.45, 2.75) is 206 Å². The maximum atomic E-state index is 12.6. The molecular formula is C38H75O10P. The summed E-state index contributed by atoms with van der Waals surface area (Å²) in [4.78, 5) is 34.8. The van der Waals surface area contributed by atoms with Crippen LogP contribution in [0.2, 0.25) is 0 Å². The van der Waals surface area contributed by atoms with E-state index in [1.165, 1.54) is 116 Å². The van der Waals surface area contributed by atoms with Crippen molar-refractivity contribution in [1.82, 2.24) is 0 Å². The maximum Gasteiger partial charge on any atom is 0.472 e. The van der Waals surface area contributed by atoms with Gasteiger partial charge in [0.15, 0.2) is 6.10 Å². The van der Waals surface area contributed by atoms with E-state index in [0.29, 0.717) is 12.8 Å². The quantitative estimate of drug-likeness (QED) is 0.0319. The summed E-state index contributed by atoms with van der Waals surface area (Å²) in [5.74, 6) is -0.913. The van der Waals surface area contributed by atoms with Crippen molar-refractivity contribution in [3.05, 3.63) is 0 Å². The Labute approximate surface area is 299 Å². The molecule has 0 rings (SSSR count). The second-order valence-electron chi connectivity index (χ2n) is 13.7. The van der Waals surface area contributed by atoms with Crippen LogP contribution in [0, 0.1) is 0 Å². The standard InChI is InChI=1S/C38H75O10P/c1-3-5-7-9-11-13-15-17-18-20-22-24-26-28-30-38(42)48-36(34-47-49(43,44)46-32-35(40)31-39)33-45-37(41)29-27-25-23-21-19-16-14-12-10-8-6-4-2/h35-36,39-40H,3-34H2,1-2H3,(H,43,44)/t35-,36+/m0/s1. The number of rotatable bonds is 38. The fourth-order valence-corrected chi connectivity index (χ4v) is 6.43. The van der Waals surface area contributed by atoms with Gasteiger partial charge in [-0.25, -0.2) is 4.57 Å². The van der Waals surface area contributed by atoms with E-state index in [0.717, 1.165) is 38.5 Å². The number of unbranched alkanes of at least 4 members (excludes halogenated alkanes) is 24. The van der Waals surface area contributed by atoms with Crippen LogP contribution in [-0.2, 0) is 32.7 Å². The van der Waals surface area contributed by atoms with Crippen molar-refractivity contribution in [2.24, 2.45) is 0 Å². The Morgan fingerprint density at radius 1 is 0.531 bits per heavy atom. The minimum absolute atomic E-state index is 0.192. The molecule has 0 aliphatic carbocycles. The first-order valence-corrected chi connectivity index (χ1v) is 21.5. The number of hydrogen-bond acceptors (Lipinski definition) is 9. The average Bonchev–Trinajstić information content (AvgIpc) is 3.09. The van der Waals surface area contributed by atoms with Gasteiger partial charge >= 0.3 is 19.8 Å². The van der Waals surface area contributed by atoms with Crippen LogP contribution in [0.15, 0.2) is 0 Å². The molecule has 10 nitrogen and oxygen atoms in total. The van der Waals surface area contributed by atoms with Crippen molar-refractivity contribution >= 4 is 19.8 Å². The third-order valence-electron chi connectivity index (χ3n) is 8.76. The first kappa shape index (κ1) is 48.0. The number of ether oxygens (including phenoxy) is 2. The minimum atomic E-state index is -4.60. The van der Waals surface area contributed by atoms with Gasteiger partial charge in [-0.15, -0.1) is 0 Å². The van der Waals surface area contributed by atoms with Gasteiger partial charge < -0.3 is 24.6 Å². The van der Waals surface area contributed by atoms with Gasteiger partial charge in [-0.3, -0.25) is 18.6 Å². The second kappa shape index (κ2) is 35.4. The molecule has 3 N–H and O–H groups in total. The molecule has 0 saturated carbocycles. The van der Waals surface area contributed by atoms with Gasteiger partial charge in [-0.1, -0.05) is 168 Å². The second-order valence-corrected chi connectivity index (χ2v) is 15.1. The lowest BCUT2D eigenvalue weighted by Gasteiger charge is -2.20. The van der Waals surface area contributed by atoms with Crippen molar-refractivity contribution in [2.75, 3.05) is 26.4 Å². The molecule has 0 aliphatic heterocycles. The summed E-state index contributed by atoms with van der Waals surface area (Å²) in [6.45, 7) is 2.39. The summed E-state index contributed by atoms with van der Waals surface area (Å²) >= 11 is 0. The number of carbonyl (C=O) groups excluding carboxylic acids is 2. The number of esters is 2. The third kappa shape index (κ3) is 35.2. The largest absolute Gasteiger partial charge is 0.472 e. The molecule has 292 valence electrons. The van der Waals surface area contributed by atoms with Crippen molar-refractivity contribution in [1.29, 1.82) is 0 Å². The highest BCUT2D eigenvalue weighted by atomic mass is 31.2. The van der Waals surface area contributed by atoms with Gasteiger partial charge in [0.25, 0.3) is 0 Å². The zero-order chi connectivity index (χ0) is 36.3. The lowest BCUT2D eigenvalue weighted by molar-refractivity contribution is -0.161. The van der Waals surface area contributed by atoms with E-state index in [9.17, 15) is 24.2 Å². The summed E-state index contributed by atoms with van der Waals surface area (Å²) in [7, 11) is -4.60. The zero-order valence-corrected chi connectivity index (χ0v) is 32.3. The Hall–Kier alpha value is -1.03. The summed E-state index contributed by atoms with van der Waals surface area (Å²) < 4.78 is 32.6. The molecule has 0 aromatic rings. The van der Waals surface area contributed by atoms with E-state index < -0.39 is 51.8 Å². The number of phosphoric ester groups is 1. The van der Waals surface area contributed by atoms with Crippen LogP contribution in [0.25, 0.3) is 0 Å². The average molecular weight is 723 g/mol. The fourth-order valence-electron chi connectivity index (χ4n) is 5.64. The first-order valence-electron chi connectivity index (χ1n) is 20.0. The van der Waals surface area contributed by atoms with E-state index in [1.54, 1.807) is 0 Å². The summed E-state index contributed by atoms with van der Waals surface area (Å²) in [5, 5.41) is 18.3. The van der Waals surface area contributed by atoms with Crippen LogP contribution in [0.3, 0.4) is 0 Å². The first-order chi connectivity index (χ1) is 23.7. The Kier molecular flexibility index (Phi) is 34.6. The van der Waals surface area contributed by atoms with E-state index in [-0.39, 0.29) is 19.4 Å². The molecule has 0 radical (unpaired) electrons. The van der Waals surface area contributed by atoms with Gasteiger partial charge in [0.1, 0.15) is 12.7 Å². The van der Waals surface area contributed by atoms with Gasteiger partial charge in [-0.05, 0) is 12.8 Å². The maximum absolute atomic E-state index is 12.6. The molecule has 0 heterocycles. The van der Waals surface area contributed by atoms with E-state index in [4.69, 9.17) is 19.1 Å². The van der Waals surface area contributed by atoms with Gasteiger partial charge in [-0.2, -0.15) is 0 Å². The molecule has 0 aliphatic rings. The van der Waals surface area contributed by atoms with Crippen LogP contribution < -0.4 is 0 Å². The number of aliphatic hydroxyl groups is 2. The number of phosphoric acid groups is 1. The summed E-state index contributed by atoms with van der Waals surface area (Å²) in [6.07, 6.45) is 29.2. The molecular weight excluding hydrogens is 647 g/mol. The number of hydrogen-bond donors (Lipinski definition) is 3. The van der Waals surface area contributed by atoms with Crippen LogP contribution in [-0.4, -0.2) is 65.7 Å². The minimum Gasteiger partial charge on any atom is -0.462 e. The lowest BCUT2D eigenvalue weighted by atomic mass is 10.0. The fraction of sp³-hybridized carbons (Fsp3) is 0.947. The molecule has 0 amide bonds. The molecule has 49 heavy (non-hydrogen) atoms. The highest BCUT2D eigenvalue weighted by Gasteiger charge is 2.27. The smallest absolute Gasteiger partial charge is 0.462 e. The third-order valence-corrected chi connectivity index (χ3v) is 9.71. The molecule has 0 aromatic heterocycles. The molecule has 11 heteroatoms. The molecule has 0 fully saturated rings. The van der Waals surface area contributed by atoms with E-state index in [2.05, 4.69) is 18.4 Å². The van der Waals surface area contributed by atoms with Crippen LogP contribution in [0.5, 0.6) is 0 Å². The predicted octanol–water partition coefficient (Wildman–Crippen LogP) is 9.89. The Balaban J connectivity index is 4.31. The molecule has 3 atom stereocenters. The SMILES string of the molecule is CCCCCCCCCCCCCCCCC(=O)O[C@H](COC(=O)CCCCCCCCCCCCCC)COP(=O)(O)OC[C@@H](O)CO.